The van der Waals surface area contributed by atoms with Crippen molar-refractivity contribution in [2.45, 2.75) is 37.1 Å². The highest BCUT2D eigenvalue weighted by Gasteiger charge is 2.28. The van der Waals surface area contributed by atoms with Crippen molar-refractivity contribution in [3.63, 3.8) is 0 Å². The summed E-state index contributed by atoms with van der Waals surface area (Å²) in [6.07, 6.45) is 0.728. The van der Waals surface area contributed by atoms with Gasteiger partial charge in [-0.05, 0) is 31.0 Å². The highest BCUT2D eigenvalue weighted by atomic mass is 32.2. The molecule has 0 amide bonds. The van der Waals surface area contributed by atoms with Crippen LogP contribution in [0.4, 0.5) is 0 Å². The van der Waals surface area contributed by atoms with Gasteiger partial charge in [0.05, 0.1) is 29.5 Å². The van der Waals surface area contributed by atoms with E-state index in [0.29, 0.717) is 6.42 Å². The van der Waals surface area contributed by atoms with Crippen LogP contribution in [0.5, 0.6) is 0 Å². The smallest absolute Gasteiger partial charge is 0.241 e. The number of benzene rings is 1. The minimum Gasteiger partial charge on any atom is -0.394 e. The fourth-order valence-corrected chi connectivity index (χ4v) is 2.95. The fraction of sp³-hybridized carbons (Fsp3) is 0.462. The molecule has 5 nitrogen and oxygen atoms in total. The van der Waals surface area contributed by atoms with Crippen molar-refractivity contribution in [1.29, 1.82) is 5.26 Å². The lowest BCUT2D eigenvalue weighted by Gasteiger charge is -2.26. The molecule has 0 aliphatic heterocycles. The first kappa shape index (κ1) is 15.6. The number of sulfonamides is 1. The van der Waals surface area contributed by atoms with E-state index >= 15 is 0 Å². The Hall–Kier alpha value is -1.42. The van der Waals surface area contributed by atoms with Crippen molar-refractivity contribution in [3.8, 4) is 6.07 Å². The van der Waals surface area contributed by atoms with Crippen LogP contribution >= 0.6 is 0 Å². The Morgan fingerprint density at radius 3 is 2.37 bits per heavy atom. The molecule has 1 atom stereocenters. The van der Waals surface area contributed by atoms with Gasteiger partial charge in [-0.15, -0.1) is 0 Å². The van der Waals surface area contributed by atoms with Gasteiger partial charge in [0.2, 0.25) is 10.0 Å². The number of nitrogens with one attached hydrogen (secondary N) is 1. The Balaban J connectivity index is 2.98. The molecule has 0 saturated heterocycles. The Morgan fingerprint density at radius 2 is 1.95 bits per heavy atom. The highest BCUT2D eigenvalue weighted by Crippen LogP contribution is 2.16. The molecule has 0 radical (unpaired) electrons. The molecule has 0 saturated carbocycles. The molecular weight excluding hydrogens is 264 g/mol. The quantitative estimate of drug-likeness (QED) is 0.820. The molecule has 0 fully saturated rings. The summed E-state index contributed by atoms with van der Waals surface area (Å²) < 4.78 is 26.8. The number of aliphatic hydroxyl groups is 1. The van der Waals surface area contributed by atoms with Crippen LogP contribution in [-0.2, 0) is 16.4 Å². The lowest BCUT2D eigenvalue weighted by Crippen LogP contribution is -2.48. The lowest BCUT2D eigenvalue weighted by molar-refractivity contribution is 0.191. The number of nitriles is 1. The molecule has 0 bridgehead atoms. The Bertz CT molecular complexity index is 555. The molecule has 104 valence electrons. The van der Waals surface area contributed by atoms with Crippen LogP contribution in [-0.4, -0.2) is 25.7 Å². The lowest BCUT2D eigenvalue weighted by atomic mass is 10.0. The Morgan fingerprint density at radius 1 is 1.37 bits per heavy atom. The third kappa shape index (κ3) is 4.03. The predicted molar refractivity (Wildman–Crippen MR) is 71.9 cm³/mol. The van der Waals surface area contributed by atoms with Gasteiger partial charge in [0, 0.05) is 0 Å². The minimum absolute atomic E-state index is 0.127. The molecule has 0 aliphatic carbocycles. The van der Waals surface area contributed by atoms with Gasteiger partial charge < -0.3 is 5.11 Å². The second-order valence-electron chi connectivity index (χ2n) is 4.66. The van der Waals surface area contributed by atoms with Crippen molar-refractivity contribution in [3.05, 3.63) is 29.8 Å². The number of hydrogen-bond acceptors (Lipinski definition) is 4. The zero-order valence-electron chi connectivity index (χ0n) is 11.0. The van der Waals surface area contributed by atoms with Gasteiger partial charge in [0.25, 0.3) is 0 Å². The molecule has 1 unspecified atom stereocenters. The molecule has 19 heavy (non-hydrogen) atoms. The van der Waals surface area contributed by atoms with E-state index in [0.717, 1.165) is 5.56 Å². The number of rotatable bonds is 6. The Kier molecular flexibility index (Phi) is 5.06. The highest BCUT2D eigenvalue weighted by molar-refractivity contribution is 7.89. The van der Waals surface area contributed by atoms with E-state index in [1.165, 1.54) is 12.1 Å². The number of aliphatic hydroxyl groups excluding tert-OH is 1. The van der Waals surface area contributed by atoms with Crippen LogP contribution < -0.4 is 4.72 Å². The van der Waals surface area contributed by atoms with Crippen LogP contribution in [0.2, 0.25) is 0 Å². The monoisotopic (exact) mass is 282 g/mol. The van der Waals surface area contributed by atoms with Crippen molar-refractivity contribution >= 4 is 10.0 Å². The second-order valence-corrected chi connectivity index (χ2v) is 6.34. The normalized spacial score (nSPS) is 14.6. The standard InChI is InChI=1S/C13H18N2O3S/c1-3-13(2,10-16)15-19(17,18)12-6-4-11(5-7-12)8-9-14/h4-7,15-16H,3,8,10H2,1-2H3. The molecule has 1 aromatic rings. The first-order valence-corrected chi connectivity index (χ1v) is 7.46. The molecule has 2 N–H and O–H groups in total. The fourth-order valence-electron chi connectivity index (χ4n) is 1.48. The molecule has 0 aliphatic rings. The van der Waals surface area contributed by atoms with Gasteiger partial charge in [-0.2, -0.15) is 5.26 Å². The largest absolute Gasteiger partial charge is 0.394 e. The molecule has 6 heteroatoms. The summed E-state index contributed by atoms with van der Waals surface area (Å²) >= 11 is 0. The van der Waals surface area contributed by atoms with E-state index in [9.17, 15) is 13.5 Å². The second kappa shape index (κ2) is 6.15. The summed E-state index contributed by atoms with van der Waals surface area (Å²) in [5.74, 6) is 0. The van der Waals surface area contributed by atoms with Crippen molar-refractivity contribution in [1.82, 2.24) is 4.72 Å². The van der Waals surface area contributed by atoms with Gasteiger partial charge in [0.1, 0.15) is 0 Å². The topological polar surface area (TPSA) is 90.2 Å². The maximum Gasteiger partial charge on any atom is 0.241 e. The third-order valence-corrected chi connectivity index (χ3v) is 4.68. The minimum atomic E-state index is -3.67. The molecular formula is C13H18N2O3S. The van der Waals surface area contributed by atoms with E-state index < -0.39 is 15.6 Å². The van der Waals surface area contributed by atoms with Crippen LogP contribution in [0.25, 0.3) is 0 Å². The maximum atomic E-state index is 12.1. The first-order valence-electron chi connectivity index (χ1n) is 5.97. The van der Waals surface area contributed by atoms with Gasteiger partial charge in [0.15, 0.2) is 0 Å². The van der Waals surface area contributed by atoms with Crippen LogP contribution in [0.15, 0.2) is 29.2 Å². The van der Waals surface area contributed by atoms with Crippen molar-refractivity contribution in [2.24, 2.45) is 0 Å². The van der Waals surface area contributed by atoms with E-state index in [2.05, 4.69) is 4.72 Å². The third-order valence-electron chi connectivity index (χ3n) is 3.03. The summed E-state index contributed by atoms with van der Waals surface area (Å²) in [5, 5.41) is 17.8. The molecule has 1 rings (SSSR count). The zero-order valence-corrected chi connectivity index (χ0v) is 11.9. The van der Waals surface area contributed by atoms with Gasteiger partial charge in [-0.1, -0.05) is 19.1 Å². The summed E-state index contributed by atoms with van der Waals surface area (Å²) in [5.41, 5.74) is -0.105. The van der Waals surface area contributed by atoms with Gasteiger partial charge in [-0.25, -0.2) is 13.1 Å². The van der Waals surface area contributed by atoms with E-state index in [1.807, 2.05) is 6.07 Å². The van der Waals surface area contributed by atoms with Crippen LogP contribution in [0.1, 0.15) is 25.8 Å². The average molecular weight is 282 g/mol. The number of hydrogen-bond donors (Lipinski definition) is 2. The zero-order chi connectivity index (χ0) is 14.5. The molecule has 1 aromatic carbocycles. The molecule has 0 heterocycles. The molecule has 0 aromatic heterocycles. The average Bonchev–Trinajstić information content (AvgIpc) is 2.39. The van der Waals surface area contributed by atoms with Crippen LogP contribution in [0.3, 0.4) is 0 Å². The van der Waals surface area contributed by atoms with Gasteiger partial charge >= 0.3 is 0 Å². The van der Waals surface area contributed by atoms with Crippen LogP contribution in [0, 0.1) is 11.3 Å². The maximum absolute atomic E-state index is 12.1. The summed E-state index contributed by atoms with van der Waals surface area (Å²) in [7, 11) is -3.67. The SMILES string of the molecule is CCC(C)(CO)NS(=O)(=O)c1ccc(CC#N)cc1. The Labute approximate surface area is 113 Å². The summed E-state index contributed by atoms with van der Waals surface area (Å²) in [6, 6.07) is 8.14. The van der Waals surface area contributed by atoms with Crippen molar-refractivity contribution in [2.75, 3.05) is 6.61 Å². The summed E-state index contributed by atoms with van der Waals surface area (Å²) in [6.45, 7) is 3.18. The van der Waals surface area contributed by atoms with E-state index in [-0.39, 0.29) is 17.9 Å². The molecule has 0 spiro atoms. The first-order chi connectivity index (χ1) is 8.87. The van der Waals surface area contributed by atoms with E-state index in [1.54, 1.807) is 26.0 Å². The van der Waals surface area contributed by atoms with E-state index in [4.69, 9.17) is 5.26 Å². The number of nitrogens with zero attached hydrogens (tertiary/aromatic N) is 1. The predicted octanol–water partition coefficient (Wildman–Crippen LogP) is 1.19. The van der Waals surface area contributed by atoms with Crippen molar-refractivity contribution < 1.29 is 13.5 Å². The summed E-state index contributed by atoms with van der Waals surface area (Å²) in [4.78, 5) is 0.127. The van der Waals surface area contributed by atoms with Gasteiger partial charge in [-0.3, -0.25) is 0 Å².